The summed E-state index contributed by atoms with van der Waals surface area (Å²) < 4.78 is 5.29. The van der Waals surface area contributed by atoms with Crippen LogP contribution in [0.3, 0.4) is 0 Å². The minimum Gasteiger partial charge on any atom is -0.399 e. The number of hydrogen-bond donors (Lipinski definition) is 1. The number of ether oxygens (including phenoxy) is 1. The van der Waals surface area contributed by atoms with Crippen molar-refractivity contribution in [3.05, 3.63) is 29.8 Å². The van der Waals surface area contributed by atoms with Crippen LogP contribution in [0.5, 0.6) is 0 Å². The summed E-state index contributed by atoms with van der Waals surface area (Å²) >= 11 is 0. The van der Waals surface area contributed by atoms with Gasteiger partial charge in [0.25, 0.3) is 0 Å². The maximum absolute atomic E-state index is 5.74. The van der Waals surface area contributed by atoms with Gasteiger partial charge in [0.15, 0.2) is 0 Å². The van der Waals surface area contributed by atoms with Crippen molar-refractivity contribution in [3.8, 4) is 0 Å². The molecule has 1 heterocycles. The molecule has 0 aliphatic carbocycles. The summed E-state index contributed by atoms with van der Waals surface area (Å²) in [6, 6.07) is 8.72. The zero-order valence-corrected chi connectivity index (χ0v) is 11.4. The van der Waals surface area contributed by atoms with Crippen molar-refractivity contribution < 1.29 is 4.74 Å². The highest BCUT2D eigenvalue weighted by molar-refractivity contribution is 5.40. The first kappa shape index (κ1) is 13.4. The average Bonchev–Trinajstić information content (AvgIpc) is 2.39. The van der Waals surface area contributed by atoms with Crippen LogP contribution in [0.25, 0.3) is 0 Å². The zero-order valence-electron chi connectivity index (χ0n) is 11.4. The number of anilines is 1. The minimum absolute atomic E-state index is 0.463. The number of benzene rings is 1. The number of likely N-dealkylation sites (tertiary alicyclic amines) is 1. The van der Waals surface area contributed by atoms with Crippen LogP contribution < -0.4 is 5.73 Å². The Bertz CT molecular complexity index is 361. The van der Waals surface area contributed by atoms with Crippen molar-refractivity contribution in [1.82, 2.24) is 4.90 Å². The van der Waals surface area contributed by atoms with E-state index < -0.39 is 0 Å². The lowest BCUT2D eigenvalue weighted by Gasteiger charge is -2.36. The predicted molar refractivity (Wildman–Crippen MR) is 75.4 cm³/mol. The van der Waals surface area contributed by atoms with Crippen molar-refractivity contribution >= 4 is 5.69 Å². The van der Waals surface area contributed by atoms with Gasteiger partial charge in [-0.2, -0.15) is 0 Å². The predicted octanol–water partition coefficient (Wildman–Crippen LogP) is 2.69. The standard InChI is InChI=1S/C15H24N2O/c1-12(14-5-7-15(16)8-6-14)17-9-3-4-13(10-17)11-18-2/h5-8,12-13H,3-4,9-11,16H2,1-2H3. The molecule has 2 atom stereocenters. The van der Waals surface area contributed by atoms with E-state index in [0.29, 0.717) is 12.0 Å². The maximum Gasteiger partial charge on any atom is 0.0502 e. The molecule has 1 saturated heterocycles. The molecule has 2 rings (SSSR count). The molecule has 18 heavy (non-hydrogen) atoms. The lowest BCUT2D eigenvalue weighted by molar-refractivity contribution is 0.0721. The van der Waals surface area contributed by atoms with E-state index in [4.69, 9.17) is 10.5 Å². The third-order valence-corrected chi connectivity index (χ3v) is 3.92. The molecule has 0 radical (unpaired) electrons. The van der Waals surface area contributed by atoms with Crippen LogP contribution in [-0.2, 0) is 4.74 Å². The summed E-state index contributed by atoms with van der Waals surface area (Å²) in [5.74, 6) is 0.681. The van der Waals surface area contributed by atoms with Gasteiger partial charge in [-0.1, -0.05) is 12.1 Å². The Kier molecular flexibility index (Phi) is 4.61. The van der Waals surface area contributed by atoms with Crippen molar-refractivity contribution in [2.75, 3.05) is 32.5 Å². The normalized spacial score (nSPS) is 22.9. The first-order valence-corrected chi connectivity index (χ1v) is 6.79. The second-order valence-corrected chi connectivity index (χ2v) is 5.30. The number of methoxy groups -OCH3 is 1. The van der Waals surface area contributed by atoms with Crippen molar-refractivity contribution in [2.24, 2.45) is 5.92 Å². The topological polar surface area (TPSA) is 38.5 Å². The fourth-order valence-electron chi connectivity index (χ4n) is 2.81. The Morgan fingerprint density at radius 2 is 2.11 bits per heavy atom. The Balaban J connectivity index is 1.99. The maximum atomic E-state index is 5.74. The molecule has 3 nitrogen and oxygen atoms in total. The molecule has 0 bridgehead atoms. The van der Waals surface area contributed by atoms with Crippen LogP contribution in [0.2, 0.25) is 0 Å². The van der Waals surface area contributed by atoms with Gasteiger partial charge in [0, 0.05) is 25.4 Å². The largest absolute Gasteiger partial charge is 0.399 e. The lowest BCUT2D eigenvalue weighted by atomic mass is 9.96. The molecule has 2 N–H and O–H groups in total. The van der Waals surface area contributed by atoms with Crippen LogP contribution in [0.1, 0.15) is 31.4 Å². The van der Waals surface area contributed by atoms with Gasteiger partial charge in [0.2, 0.25) is 0 Å². The van der Waals surface area contributed by atoms with Gasteiger partial charge in [0.1, 0.15) is 0 Å². The third-order valence-electron chi connectivity index (χ3n) is 3.92. The first-order valence-electron chi connectivity index (χ1n) is 6.79. The Morgan fingerprint density at radius 1 is 1.39 bits per heavy atom. The van der Waals surface area contributed by atoms with Crippen LogP contribution in [-0.4, -0.2) is 31.7 Å². The van der Waals surface area contributed by atoms with E-state index in [1.54, 1.807) is 7.11 Å². The second-order valence-electron chi connectivity index (χ2n) is 5.30. The quantitative estimate of drug-likeness (QED) is 0.833. The first-order chi connectivity index (χ1) is 8.70. The number of nitrogens with zero attached hydrogens (tertiary/aromatic N) is 1. The van der Waals surface area contributed by atoms with E-state index in [1.165, 1.54) is 24.9 Å². The molecule has 1 aromatic rings. The molecule has 0 aromatic heterocycles. The van der Waals surface area contributed by atoms with E-state index in [2.05, 4.69) is 24.0 Å². The van der Waals surface area contributed by atoms with Gasteiger partial charge in [-0.05, 0) is 49.9 Å². The Hall–Kier alpha value is -1.06. The molecule has 0 amide bonds. The smallest absolute Gasteiger partial charge is 0.0502 e. The average molecular weight is 248 g/mol. The molecule has 1 fully saturated rings. The molecule has 1 aliphatic heterocycles. The number of nitrogen functional groups attached to an aromatic ring is 1. The molecule has 1 aliphatic rings. The summed E-state index contributed by atoms with van der Waals surface area (Å²) in [6.07, 6.45) is 2.56. The van der Waals surface area contributed by atoms with Gasteiger partial charge < -0.3 is 10.5 Å². The van der Waals surface area contributed by atoms with Crippen molar-refractivity contribution in [1.29, 1.82) is 0 Å². The van der Waals surface area contributed by atoms with Gasteiger partial charge >= 0.3 is 0 Å². The highest BCUT2D eigenvalue weighted by atomic mass is 16.5. The van der Waals surface area contributed by atoms with Gasteiger partial charge in [-0.3, -0.25) is 4.90 Å². The fraction of sp³-hybridized carbons (Fsp3) is 0.600. The summed E-state index contributed by atoms with van der Waals surface area (Å²) in [7, 11) is 1.79. The van der Waals surface area contributed by atoms with Gasteiger partial charge in [0.05, 0.1) is 6.61 Å². The summed E-state index contributed by atoms with van der Waals surface area (Å²) in [5, 5.41) is 0. The Morgan fingerprint density at radius 3 is 2.78 bits per heavy atom. The van der Waals surface area contributed by atoms with Crippen LogP contribution in [0.4, 0.5) is 5.69 Å². The summed E-state index contributed by atoms with van der Waals surface area (Å²) in [5.41, 5.74) is 7.92. The number of hydrogen-bond acceptors (Lipinski definition) is 3. The number of rotatable bonds is 4. The van der Waals surface area contributed by atoms with E-state index in [9.17, 15) is 0 Å². The summed E-state index contributed by atoms with van der Waals surface area (Å²) in [4.78, 5) is 2.55. The highest BCUT2D eigenvalue weighted by Gasteiger charge is 2.24. The second kappa shape index (κ2) is 6.21. The molecule has 3 heteroatoms. The van der Waals surface area contributed by atoms with E-state index in [0.717, 1.165) is 18.8 Å². The van der Waals surface area contributed by atoms with E-state index in [-0.39, 0.29) is 0 Å². The van der Waals surface area contributed by atoms with Crippen molar-refractivity contribution in [2.45, 2.75) is 25.8 Å². The van der Waals surface area contributed by atoms with Crippen LogP contribution >= 0.6 is 0 Å². The molecular formula is C15H24N2O. The van der Waals surface area contributed by atoms with Crippen LogP contribution in [0.15, 0.2) is 24.3 Å². The van der Waals surface area contributed by atoms with Gasteiger partial charge in [-0.15, -0.1) is 0 Å². The Labute approximate surface area is 110 Å². The van der Waals surface area contributed by atoms with E-state index >= 15 is 0 Å². The van der Waals surface area contributed by atoms with Crippen molar-refractivity contribution in [3.63, 3.8) is 0 Å². The molecule has 0 saturated carbocycles. The summed E-state index contributed by atoms with van der Waals surface area (Å²) in [6.45, 7) is 5.48. The number of nitrogens with two attached hydrogens (primary N) is 1. The monoisotopic (exact) mass is 248 g/mol. The SMILES string of the molecule is COCC1CCCN(C(C)c2ccc(N)cc2)C1. The third kappa shape index (κ3) is 3.24. The fourth-order valence-corrected chi connectivity index (χ4v) is 2.81. The zero-order chi connectivity index (χ0) is 13.0. The molecule has 100 valence electrons. The molecule has 2 unspecified atom stereocenters. The number of piperidine rings is 1. The van der Waals surface area contributed by atoms with E-state index in [1.807, 2.05) is 12.1 Å². The molecule has 1 aromatic carbocycles. The highest BCUT2D eigenvalue weighted by Crippen LogP contribution is 2.27. The van der Waals surface area contributed by atoms with Gasteiger partial charge in [-0.25, -0.2) is 0 Å². The minimum atomic E-state index is 0.463. The lowest BCUT2D eigenvalue weighted by Crippen LogP contribution is -2.38. The molecular weight excluding hydrogens is 224 g/mol. The molecule has 0 spiro atoms. The van der Waals surface area contributed by atoms with Crippen LogP contribution in [0, 0.1) is 5.92 Å².